The summed E-state index contributed by atoms with van der Waals surface area (Å²) in [6.45, 7) is 3.52. The van der Waals surface area contributed by atoms with Gasteiger partial charge in [0.15, 0.2) is 5.78 Å². The third-order valence-corrected chi connectivity index (χ3v) is 5.95. The van der Waals surface area contributed by atoms with Crippen LogP contribution in [0.5, 0.6) is 0 Å². The topological polar surface area (TPSA) is 55.2 Å². The summed E-state index contributed by atoms with van der Waals surface area (Å²) in [5.74, 6) is -0.779. The Morgan fingerprint density at radius 1 is 1.13 bits per heavy atom. The second-order valence-electron chi connectivity index (χ2n) is 8.05. The number of carbonyl (C=O) groups is 2. The minimum absolute atomic E-state index is 0.0259. The van der Waals surface area contributed by atoms with Crippen LogP contribution < -0.4 is 0 Å². The number of likely N-dealkylation sites (tertiary alicyclic amines) is 1. The van der Waals surface area contributed by atoms with E-state index in [-0.39, 0.29) is 17.6 Å². The first-order chi connectivity index (χ1) is 15.0. The Hall–Kier alpha value is -3.28. The van der Waals surface area contributed by atoms with Crippen LogP contribution in [0.15, 0.2) is 60.8 Å². The fourth-order valence-electron chi connectivity index (χ4n) is 4.17. The number of aryl methyl sites for hydroxylation is 2. The van der Waals surface area contributed by atoms with Crippen molar-refractivity contribution in [1.29, 1.82) is 0 Å². The summed E-state index contributed by atoms with van der Waals surface area (Å²) in [5.41, 5.74) is 2.64. The van der Waals surface area contributed by atoms with Gasteiger partial charge in [0.1, 0.15) is 5.82 Å². The standard InChI is InChI=1S/C25H26FN3O2/c1-18-11-13-27-29(18)15-12-24(30)28-14-5-8-21(17-28)25(31)20-9-10-22(23(26)16-20)19-6-3-2-4-7-19/h2-4,6-7,9-11,13,16,21H,5,8,12,14-15,17H2,1H3/t21-/m0/s1. The second kappa shape index (κ2) is 9.25. The number of hydrogen-bond donors (Lipinski definition) is 0. The first-order valence-electron chi connectivity index (χ1n) is 10.7. The lowest BCUT2D eigenvalue weighted by molar-refractivity contribution is -0.132. The Kier molecular flexibility index (Phi) is 6.26. The van der Waals surface area contributed by atoms with E-state index in [1.165, 1.54) is 6.07 Å². The van der Waals surface area contributed by atoms with Crippen molar-refractivity contribution in [3.05, 3.63) is 77.9 Å². The molecule has 1 aromatic heterocycles. The summed E-state index contributed by atoms with van der Waals surface area (Å²) in [7, 11) is 0. The molecular formula is C25H26FN3O2. The molecule has 0 aliphatic carbocycles. The lowest BCUT2D eigenvalue weighted by Crippen LogP contribution is -2.42. The van der Waals surface area contributed by atoms with Crippen LogP contribution in [0.4, 0.5) is 4.39 Å². The van der Waals surface area contributed by atoms with Crippen LogP contribution in [0.3, 0.4) is 0 Å². The van der Waals surface area contributed by atoms with E-state index in [2.05, 4.69) is 5.10 Å². The normalized spacial score (nSPS) is 16.3. The number of piperidine rings is 1. The van der Waals surface area contributed by atoms with E-state index < -0.39 is 5.82 Å². The van der Waals surface area contributed by atoms with Crippen molar-refractivity contribution in [2.24, 2.45) is 5.92 Å². The highest BCUT2D eigenvalue weighted by atomic mass is 19.1. The SMILES string of the molecule is Cc1ccnn1CCC(=O)N1CCC[C@H](C(=O)c2ccc(-c3ccccc3)c(F)c2)C1. The lowest BCUT2D eigenvalue weighted by Gasteiger charge is -2.32. The summed E-state index contributed by atoms with van der Waals surface area (Å²) in [4.78, 5) is 27.5. The average Bonchev–Trinajstić information content (AvgIpc) is 3.22. The molecule has 3 aromatic rings. The van der Waals surface area contributed by atoms with E-state index >= 15 is 0 Å². The monoisotopic (exact) mass is 419 g/mol. The molecule has 1 saturated heterocycles. The van der Waals surface area contributed by atoms with Crippen molar-refractivity contribution < 1.29 is 14.0 Å². The highest BCUT2D eigenvalue weighted by molar-refractivity contribution is 5.98. The van der Waals surface area contributed by atoms with E-state index in [9.17, 15) is 14.0 Å². The molecular weight excluding hydrogens is 393 g/mol. The predicted molar refractivity (Wildman–Crippen MR) is 117 cm³/mol. The Labute approximate surface area is 181 Å². The zero-order chi connectivity index (χ0) is 21.8. The molecule has 1 amide bonds. The number of nitrogens with zero attached hydrogens (tertiary/aromatic N) is 3. The number of ketones is 1. The molecule has 2 heterocycles. The van der Waals surface area contributed by atoms with E-state index in [1.54, 1.807) is 23.2 Å². The van der Waals surface area contributed by atoms with Gasteiger partial charge in [-0.25, -0.2) is 4.39 Å². The molecule has 6 heteroatoms. The van der Waals surface area contributed by atoms with Crippen molar-refractivity contribution >= 4 is 11.7 Å². The third kappa shape index (κ3) is 4.74. The molecule has 1 aliphatic heterocycles. The molecule has 0 bridgehead atoms. The molecule has 0 unspecified atom stereocenters. The maximum absolute atomic E-state index is 14.7. The van der Waals surface area contributed by atoms with Crippen LogP contribution >= 0.6 is 0 Å². The lowest BCUT2D eigenvalue weighted by atomic mass is 9.89. The van der Waals surface area contributed by atoms with Crippen molar-refractivity contribution in [2.45, 2.75) is 32.7 Å². The smallest absolute Gasteiger partial charge is 0.224 e. The Morgan fingerprint density at radius 2 is 1.94 bits per heavy atom. The fourth-order valence-corrected chi connectivity index (χ4v) is 4.17. The molecule has 0 spiro atoms. The first kappa shape index (κ1) is 21.0. The first-order valence-corrected chi connectivity index (χ1v) is 10.7. The third-order valence-electron chi connectivity index (χ3n) is 5.95. The largest absolute Gasteiger partial charge is 0.342 e. The Bertz CT molecular complexity index is 1080. The van der Waals surface area contributed by atoms with Gasteiger partial charge in [0.25, 0.3) is 0 Å². The summed E-state index contributed by atoms with van der Waals surface area (Å²) >= 11 is 0. The number of carbonyl (C=O) groups excluding carboxylic acids is 2. The van der Waals surface area contributed by atoms with Crippen LogP contribution in [0.25, 0.3) is 11.1 Å². The van der Waals surface area contributed by atoms with Gasteiger partial charge >= 0.3 is 0 Å². The van der Waals surface area contributed by atoms with Gasteiger partial charge in [0.05, 0.1) is 0 Å². The quantitative estimate of drug-likeness (QED) is 0.553. The molecule has 5 nitrogen and oxygen atoms in total. The van der Waals surface area contributed by atoms with Gasteiger partial charge in [0.2, 0.25) is 5.91 Å². The zero-order valence-electron chi connectivity index (χ0n) is 17.6. The molecule has 1 aliphatic rings. The van der Waals surface area contributed by atoms with E-state index in [1.807, 2.05) is 48.0 Å². The Morgan fingerprint density at radius 3 is 2.65 bits per heavy atom. The van der Waals surface area contributed by atoms with E-state index in [4.69, 9.17) is 0 Å². The average molecular weight is 420 g/mol. The van der Waals surface area contributed by atoms with Gasteiger partial charge in [-0.2, -0.15) is 5.10 Å². The predicted octanol–water partition coefficient (Wildman–Crippen LogP) is 4.51. The minimum atomic E-state index is -0.407. The van der Waals surface area contributed by atoms with Crippen LogP contribution in [-0.4, -0.2) is 39.5 Å². The molecule has 1 atom stereocenters. The van der Waals surface area contributed by atoms with E-state index in [0.717, 1.165) is 17.7 Å². The summed E-state index contributed by atoms with van der Waals surface area (Å²) in [6.07, 6.45) is 3.55. The summed E-state index contributed by atoms with van der Waals surface area (Å²) in [6, 6.07) is 15.9. The molecule has 2 aromatic carbocycles. The van der Waals surface area contributed by atoms with Crippen LogP contribution in [0.1, 0.15) is 35.3 Å². The van der Waals surface area contributed by atoms with Gasteiger partial charge in [-0.3, -0.25) is 14.3 Å². The minimum Gasteiger partial charge on any atom is -0.342 e. The van der Waals surface area contributed by atoms with Gasteiger partial charge in [-0.05, 0) is 37.5 Å². The number of amides is 1. The maximum Gasteiger partial charge on any atom is 0.224 e. The van der Waals surface area contributed by atoms with Crippen LogP contribution in [0, 0.1) is 18.7 Å². The molecule has 0 radical (unpaired) electrons. The zero-order valence-corrected chi connectivity index (χ0v) is 17.6. The Balaban J connectivity index is 1.41. The number of hydrogen-bond acceptors (Lipinski definition) is 3. The highest BCUT2D eigenvalue weighted by Gasteiger charge is 2.29. The fraction of sp³-hybridized carbons (Fsp3) is 0.320. The number of rotatable bonds is 6. The number of halogens is 1. The molecule has 0 N–H and O–H groups in total. The highest BCUT2D eigenvalue weighted by Crippen LogP contribution is 2.26. The van der Waals surface area contributed by atoms with Crippen molar-refractivity contribution in [2.75, 3.05) is 13.1 Å². The molecule has 31 heavy (non-hydrogen) atoms. The van der Waals surface area contributed by atoms with E-state index in [0.29, 0.717) is 43.6 Å². The van der Waals surface area contributed by atoms with Crippen molar-refractivity contribution in [3.63, 3.8) is 0 Å². The number of aromatic nitrogens is 2. The molecule has 4 rings (SSSR count). The number of Topliss-reactive ketones (excluding diaryl/α,β-unsaturated/α-hetero) is 1. The van der Waals surface area contributed by atoms with Crippen LogP contribution in [-0.2, 0) is 11.3 Å². The summed E-state index contributed by atoms with van der Waals surface area (Å²) in [5, 5.41) is 4.21. The van der Waals surface area contributed by atoms with Gasteiger partial charge in [0, 0.05) is 55.0 Å². The molecule has 160 valence electrons. The van der Waals surface area contributed by atoms with Crippen LogP contribution in [0.2, 0.25) is 0 Å². The van der Waals surface area contributed by atoms with Gasteiger partial charge in [-0.1, -0.05) is 42.5 Å². The van der Waals surface area contributed by atoms with Crippen molar-refractivity contribution in [3.8, 4) is 11.1 Å². The van der Waals surface area contributed by atoms with Crippen molar-refractivity contribution in [1.82, 2.24) is 14.7 Å². The van der Waals surface area contributed by atoms with Gasteiger partial charge < -0.3 is 4.90 Å². The number of benzene rings is 2. The molecule has 1 fully saturated rings. The summed E-state index contributed by atoms with van der Waals surface area (Å²) < 4.78 is 16.5. The van der Waals surface area contributed by atoms with Gasteiger partial charge in [-0.15, -0.1) is 0 Å². The molecule has 0 saturated carbocycles. The second-order valence-corrected chi connectivity index (χ2v) is 8.05. The maximum atomic E-state index is 14.7.